The van der Waals surface area contributed by atoms with E-state index in [1.807, 2.05) is 0 Å². The smallest absolute Gasteiger partial charge is 0.240 e. The summed E-state index contributed by atoms with van der Waals surface area (Å²) in [5.74, 6) is 2.16. The van der Waals surface area contributed by atoms with Crippen LogP contribution in [0.4, 0.5) is 17.1 Å². The van der Waals surface area contributed by atoms with Gasteiger partial charge in [0.25, 0.3) is 0 Å². The summed E-state index contributed by atoms with van der Waals surface area (Å²) in [6.45, 7) is 31.2. The first kappa shape index (κ1) is 69.8. The second-order valence-corrected chi connectivity index (χ2v) is 34.7. The van der Waals surface area contributed by atoms with Crippen LogP contribution in [0.15, 0.2) is 309 Å². The maximum absolute atomic E-state index is 2.63. The lowest BCUT2D eigenvalue weighted by Crippen LogP contribution is -2.76. The van der Waals surface area contributed by atoms with E-state index in [2.05, 4.69) is 404 Å². The highest BCUT2D eigenvalue weighted by Gasteiger charge is 2.51. The zero-order valence-corrected chi connectivity index (χ0v) is 65.2. The molecule has 0 radical (unpaired) electrons. The lowest BCUT2D eigenvalue weighted by Gasteiger charge is -2.48. The van der Waals surface area contributed by atoms with Gasteiger partial charge in [0.2, 0.25) is 13.4 Å². The molecule has 4 heteroatoms. The Morgan fingerprint density at radius 2 is 0.632 bits per heavy atom. The van der Waals surface area contributed by atoms with E-state index in [-0.39, 0.29) is 13.4 Å². The van der Waals surface area contributed by atoms with Gasteiger partial charge in [-0.1, -0.05) is 401 Å². The molecular weight excluding hydrogens is 1290 g/mol. The molecule has 0 N–H and O–H groups in total. The van der Waals surface area contributed by atoms with Crippen molar-refractivity contribution in [2.24, 2.45) is 0 Å². The molecule has 0 atom stereocenters. The van der Waals surface area contributed by atoms with E-state index in [4.69, 9.17) is 0 Å². The average molecular weight is 1390 g/mol. The predicted octanol–water partition coefficient (Wildman–Crippen LogP) is 21.7. The second-order valence-electron chi connectivity index (χ2n) is 32.0. The highest BCUT2D eigenvalue weighted by Crippen LogP contribution is 2.59. The van der Waals surface area contributed by atoms with Crippen LogP contribution in [-0.4, -0.2) is 22.2 Å². The van der Waals surface area contributed by atoms with Crippen molar-refractivity contribution < 1.29 is 0 Å². The summed E-state index contributed by atoms with van der Waals surface area (Å²) in [5.41, 5.74) is 36.6. The fourth-order valence-corrected chi connectivity index (χ4v) is 22.9. The fourth-order valence-electron chi connectivity index (χ4n) is 18.8. The molecule has 1 nitrogen and oxygen atoms in total. The molecule has 3 aliphatic heterocycles. The van der Waals surface area contributed by atoms with Crippen molar-refractivity contribution in [2.75, 3.05) is 4.90 Å². The van der Waals surface area contributed by atoms with Crippen LogP contribution in [0.25, 0.3) is 32.7 Å². The molecule has 0 aromatic heterocycles. The van der Waals surface area contributed by atoms with Crippen LogP contribution in [0.5, 0.6) is 0 Å². The van der Waals surface area contributed by atoms with Gasteiger partial charge in [-0.25, -0.2) is 0 Å². The van der Waals surface area contributed by atoms with Gasteiger partial charge in [-0.2, -0.15) is 0 Å². The van der Waals surface area contributed by atoms with E-state index in [1.165, 1.54) is 165 Å². The lowest BCUT2D eigenvalue weighted by atomic mass is 9.20. The van der Waals surface area contributed by atoms with Gasteiger partial charge in [-0.05, 0) is 188 Å². The first-order valence-corrected chi connectivity index (χ1v) is 40.8. The molecule has 16 rings (SSSR count). The van der Waals surface area contributed by atoms with Crippen LogP contribution < -0.4 is 42.9 Å². The number of aryl methyl sites for hydroxylation is 1. The number of rotatable bonds is 17. The monoisotopic (exact) mass is 1390 g/mol. The molecule has 520 valence electrons. The van der Waals surface area contributed by atoms with Crippen molar-refractivity contribution in [3.63, 3.8) is 0 Å². The van der Waals surface area contributed by atoms with Gasteiger partial charge in [0.05, 0.1) is 16.8 Å². The third-order valence-corrected chi connectivity index (χ3v) is 27.2. The number of nitrogens with zero attached hydrogens (tertiary/aromatic N) is 1. The van der Waals surface area contributed by atoms with E-state index >= 15 is 0 Å². The maximum Gasteiger partial charge on any atom is 0.240 e. The molecule has 0 fully saturated rings. The Labute approximate surface area is 634 Å². The number of para-hydroxylation sites is 2. The summed E-state index contributed by atoms with van der Waals surface area (Å²) in [7, 11) is -2.57. The number of hydrogen-bond donors (Lipinski definition) is 0. The van der Waals surface area contributed by atoms with Crippen molar-refractivity contribution >= 4 is 98.8 Å². The SMILES string of the molecule is Cc1ccccc1C1(c2ccccc2[SiH]2C(c3ccccc3)=C(c3ccccc3)C(c3ccccc3)=C2c2ccccc2)c2ccccc2N(c2ccc(-c3ccc4c(c3)B(c3c(C(C)C)cc(C(C)C)cc3C(C)C)c3ccccc3B4c3c(C(C)C)cc(C(C)C)cc3C(C)C)cc2)c2ccccc21. The molecule has 0 unspecified atom stereocenters. The summed E-state index contributed by atoms with van der Waals surface area (Å²) in [6, 6.07) is 120. The Hall–Kier alpha value is -10.5. The average Bonchev–Trinajstić information content (AvgIpc) is 0.864. The van der Waals surface area contributed by atoms with E-state index in [0.717, 1.165) is 5.69 Å². The Morgan fingerprint density at radius 3 is 1.06 bits per heavy atom. The third-order valence-electron chi connectivity index (χ3n) is 23.7. The molecule has 0 amide bonds. The topological polar surface area (TPSA) is 3.24 Å². The van der Waals surface area contributed by atoms with Gasteiger partial charge in [0.1, 0.15) is 8.80 Å². The number of fused-ring (bicyclic) bond motifs is 4. The van der Waals surface area contributed by atoms with Gasteiger partial charge >= 0.3 is 0 Å². The fraction of sp³-hybridized carbons (Fsp3) is 0.196. The summed E-state index contributed by atoms with van der Waals surface area (Å²) in [4.78, 5) is 2.57. The molecule has 0 saturated carbocycles. The molecular formula is C102H97B2NSi. The van der Waals surface area contributed by atoms with Gasteiger partial charge in [-0.3, -0.25) is 0 Å². The van der Waals surface area contributed by atoms with Gasteiger partial charge < -0.3 is 4.90 Å². The summed E-state index contributed by atoms with van der Waals surface area (Å²) < 4.78 is 0. The first-order valence-electron chi connectivity index (χ1n) is 39.1. The van der Waals surface area contributed by atoms with Crippen molar-refractivity contribution in [3.8, 4) is 11.1 Å². The molecule has 13 aromatic rings. The molecule has 13 aromatic carbocycles. The largest absolute Gasteiger partial charge is 0.310 e. The van der Waals surface area contributed by atoms with Crippen LogP contribution in [0.3, 0.4) is 0 Å². The molecule has 0 saturated heterocycles. The highest BCUT2D eigenvalue weighted by atomic mass is 28.3. The molecule has 3 aliphatic rings. The normalized spacial score (nSPS) is 14.1. The van der Waals surface area contributed by atoms with Gasteiger partial charge in [0.15, 0.2) is 0 Å². The van der Waals surface area contributed by atoms with Gasteiger partial charge in [0, 0.05) is 5.69 Å². The molecule has 106 heavy (non-hydrogen) atoms. The van der Waals surface area contributed by atoms with Crippen LogP contribution in [0.1, 0.15) is 202 Å². The zero-order chi connectivity index (χ0) is 73.2. The second kappa shape index (κ2) is 28.7. The number of anilines is 3. The van der Waals surface area contributed by atoms with Crippen molar-refractivity contribution in [1.29, 1.82) is 0 Å². The first-order chi connectivity index (χ1) is 51.5. The van der Waals surface area contributed by atoms with Crippen molar-refractivity contribution in [3.05, 3.63) is 393 Å². The minimum Gasteiger partial charge on any atom is -0.310 e. The number of benzene rings is 13. The maximum atomic E-state index is 2.63. The molecule has 0 bridgehead atoms. The Morgan fingerprint density at radius 1 is 0.283 bits per heavy atom. The standard InChI is InChI=1S/C102H97B2NSi/c1-65(2)78-60-81(67(5)6)98(82(61-78)68(7)8)103-89-49-31-32-50-90(89)104(99-83(69(9)10)62-79(66(3)4)63-84(99)70(11)12)92-64-77(56-59-91(92)103)72-54-57-80(58-55-72)105-93-51-33-28-46-86(93)102(85-45-27-26-36-71(85)13,87-47-29-34-52-94(87)105)88-48-30-35-53-95(88)106-100(75-41-22-16-23-42-75)96(73-37-18-14-19-38-73)97(74-39-20-15-21-40-74)101(106)76-43-24-17-25-44-76/h14-70,106H,1-13H3. The summed E-state index contributed by atoms with van der Waals surface area (Å²) >= 11 is 0. The Bertz CT molecular complexity index is 5300. The predicted molar refractivity (Wildman–Crippen MR) is 463 cm³/mol. The van der Waals surface area contributed by atoms with E-state index in [9.17, 15) is 0 Å². The van der Waals surface area contributed by atoms with Crippen molar-refractivity contribution in [2.45, 2.75) is 131 Å². The highest BCUT2D eigenvalue weighted by molar-refractivity contribution is 7.12. The molecule has 0 spiro atoms. The minimum atomic E-state index is -2.57. The van der Waals surface area contributed by atoms with Crippen LogP contribution >= 0.6 is 0 Å². The van der Waals surface area contributed by atoms with Crippen LogP contribution in [0.2, 0.25) is 0 Å². The van der Waals surface area contributed by atoms with E-state index in [0.29, 0.717) is 35.5 Å². The zero-order valence-electron chi connectivity index (χ0n) is 64.1. The van der Waals surface area contributed by atoms with E-state index < -0.39 is 14.2 Å². The molecule has 0 aliphatic carbocycles. The van der Waals surface area contributed by atoms with Crippen LogP contribution in [0, 0.1) is 6.92 Å². The lowest BCUT2D eigenvalue weighted by molar-refractivity contribution is 0.729. The molecule has 3 heterocycles. The Balaban J connectivity index is 0.904. The van der Waals surface area contributed by atoms with Crippen molar-refractivity contribution in [1.82, 2.24) is 0 Å². The Kier molecular flexibility index (Phi) is 18.9. The quantitative estimate of drug-likeness (QED) is 0.0822. The summed E-state index contributed by atoms with van der Waals surface area (Å²) in [5, 5.41) is 4.28. The summed E-state index contributed by atoms with van der Waals surface area (Å²) in [6.07, 6.45) is 0. The van der Waals surface area contributed by atoms with E-state index in [1.54, 1.807) is 0 Å². The number of hydrogen-bond acceptors (Lipinski definition) is 1. The van der Waals surface area contributed by atoms with Gasteiger partial charge in [-0.15, -0.1) is 0 Å². The minimum absolute atomic E-state index is 0.0210. The third kappa shape index (κ3) is 11.9. The number of allylic oxidation sites excluding steroid dienone is 2. The van der Waals surface area contributed by atoms with Crippen LogP contribution in [-0.2, 0) is 5.41 Å².